The summed E-state index contributed by atoms with van der Waals surface area (Å²) in [6, 6.07) is 10.6. The maximum Gasteiger partial charge on any atom is 0.221 e. The van der Waals surface area contributed by atoms with E-state index in [1.165, 1.54) is 13.0 Å². The summed E-state index contributed by atoms with van der Waals surface area (Å²) in [4.78, 5) is 26.6. The van der Waals surface area contributed by atoms with Crippen molar-refractivity contribution in [2.24, 2.45) is 0 Å². The molecule has 1 N–H and O–H groups in total. The minimum atomic E-state index is -0.110. The molecule has 0 unspecified atom stereocenters. The maximum absolute atomic E-state index is 11.9. The lowest BCUT2D eigenvalue weighted by Crippen LogP contribution is -2.05. The monoisotopic (exact) mass is 266 g/mol. The van der Waals surface area contributed by atoms with E-state index in [1.807, 2.05) is 12.1 Å². The Morgan fingerprint density at radius 2 is 1.70 bits per heavy atom. The zero-order valence-electron chi connectivity index (χ0n) is 11.0. The van der Waals surface area contributed by atoms with Crippen molar-refractivity contribution in [2.45, 2.75) is 6.92 Å². The summed E-state index contributed by atoms with van der Waals surface area (Å²) in [5.74, 6) is -0.181. The Balaban J connectivity index is 2.04. The molecule has 0 atom stereocenters. The Morgan fingerprint density at radius 1 is 1.05 bits per heavy atom. The van der Waals surface area contributed by atoms with E-state index in [0.29, 0.717) is 5.56 Å². The molecule has 2 aromatic rings. The van der Waals surface area contributed by atoms with Crippen molar-refractivity contribution in [3.63, 3.8) is 0 Å². The number of carbonyl (C=O) groups excluding carboxylic acids is 2. The topological polar surface area (TPSA) is 59.1 Å². The van der Waals surface area contributed by atoms with Crippen LogP contribution in [0, 0.1) is 0 Å². The molecule has 20 heavy (non-hydrogen) atoms. The zero-order valence-corrected chi connectivity index (χ0v) is 11.0. The van der Waals surface area contributed by atoms with Crippen molar-refractivity contribution >= 4 is 23.5 Å². The lowest BCUT2D eigenvalue weighted by Gasteiger charge is -2.01. The Bertz CT molecular complexity index is 631. The van der Waals surface area contributed by atoms with E-state index in [2.05, 4.69) is 10.3 Å². The molecule has 0 aliphatic rings. The molecular formula is C16H14N2O2. The van der Waals surface area contributed by atoms with Gasteiger partial charge in [0.1, 0.15) is 0 Å². The number of aromatic nitrogens is 1. The van der Waals surface area contributed by atoms with Crippen LogP contribution < -0.4 is 5.32 Å². The van der Waals surface area contributed by atoms with Crippen LogP contribution in [0.15, 0.2) is 54.9 Å². The molecule has 0 aliphatic carbocycles. The predicted molar refractivity (Wildman–Crippen MR) is 78.3 cm³/mol. The smallest absolute Gasteiger partial charge is 0.221 e. The average Bonchev–Trinajstić information content (AvgIpc) is 2.46. The van der Waals surface area contributed by atoms with Crippen LogP contribution in [-0.4, -0.2) is 16.7 Å². The summed E-state index contributed by atoms with van der Waals surface area (Å²) in [6.45, 7) is 1.46. The molecule has 100 valence electrons. The van der Waals surface area contributed by atoms with Crippen LogP contribution >= 0.6 is 0 Å². The lowest BCUT2D eigenvalue weighted by molar-refractivity contribution is -0.114. The van der Waals surface area contributed by atoms with Gasteiger partial charge in [-0.05, 0) is 35.9 Å². The number of amides is 1. The highest BCUT2D eigenvalue weighted by molar-refractivity contribution is 6.06. The van der Waals surface area contributed by atoms with E-state index < -0.39 is 0 Å². The van der Waals surface area contributed by atoms with Gasteiger partial charge in [-0.1, -0.05) is 18.2 Å². The van der Waals surface area contributed by atoms with E-state index >= 15 is 0 Å². The van der Waals surface area contributed by atoms with E-state index in [9.17, 15) is 9.59 Å². The molecule has 4 heteroatoms. The molecule has 2 rings (SSSR count). The Kier molecular flexibility index (Phi) is 4.39. The summed E-state index contributed by atoms with van der Waals surface area (Å²) in [5.41, 5.74) is 2.22. The van der Waals surface area contributed by atoms with E-state index in [1.54, 1.807) is 42.7 Å². The summed E-state index contributed by atoms with van der Waals surface area (Å²) in [7, 11) is 0. The number of ketones is 1. The third kappa shape index (κ3) is 3.88. The number of rotatable bonds is 4. The second-order valence-electron chi connectivity index (χ2n) is 4.24. The average molecular weight is 266 g/mol. The molecule has 4 nitrogen and oxygen atoms in total. The minimum Gasteiger partial charge on any atom is -0.326 e. The number of benzene rings is 1. The third-order valence-corrected chi connectivity index (χ3v) is 2.62. The molecule has 0 saturated heterocycles. The lowest BCUT2D eigenvalue weighted by atomic mass is 10.1. The molecule has 0 saturated carbocycles. The highest BCUT2D eigenvalue weighted by Crippen LogP contribution is 2.11. The first-order chi connectivity index (χ1) is 9.65. The first kappa shape index (κ1) is 13.7. The highest BCUT2D eigenvalue weighted by Gasteiger charge is 2.00. The summed E-state index contributed by atoms with van der Waals surface area (Å²) >= 11 is 0. The minimum absolute atomic E-state index is 0.0710. The van der Waals surface area contributed by atoms with Gasteiger partial charge in [-0.2, -0.15) is 0 Å². The fourth-order valence-electron chi connectivity index (χ4n) is 1.67. The number of carbonyl (C=O) groups is 2. The van der Waals surface area contributed by atoms with Crippen molar-refractivity contribution in [1.29, 1.82) is 0 Å². The Labute approximate surface area is 117 Å². The van der Waals surface area contributed by atoms with Crippen LogP contribution in [0.1, 0.15) is 22.8 Å². The van der Waals surface area contributed by atoms with Gasteiger partial charge >= 0.3 is 0 Å². The van der Waals surface area contributed by atoms with Crippen molar-refractivity contribution in [3.05, 3.63) is 66.0 Å². The van der Waals surface area contributed by atoms with E-state index in [4.69, 9.17) is 0 Å². The fraction of sp³-hybridized carbons (Fsp3) is 0.0625. The number of hydrogen-bond donors (Lipinski definition) is 1. The molecule has 1 heterocycles. The van der Waals surface area contributed by atoms with Crippen molar-refractivity contribution < 1.29 is 9.59 Å². The van der Waals surface area contributed by atoms with Gasteiger partial charge in [-0.15, -0.1) is 0 Å². The molecule has 1 aromatic heterocycles. The van der Waals surface area contributed by atoms with Crippen LogP contribution in [0.4, 0.5) is 5.69 Å². The second-order valence-corrected chi connectivity index (χ2v) is 4.24. The van der Waals surface area contributed by atoms with E-state index in [0.717, 1.165) is 11.3 Å². The Morgan fingerprint density at radius 3 is 2.30 bits per heavy atom. The van der Waals surface area contributed by atoms with Gasteiger partial charge in [0.25, 0.3) is 0 Å². The number of anilines is 1. The SMILES string of the molecule is CC(=O)Nc1ccc(/C=C/C(=O)c2ccncc2)cc1. The second kappa shape index (κ2) is 6.43. The molecule has 0 spiro atoms. The van der Waals surface area contributed by atoms with Crippen molar-refractivity contribution in [2.75, 3.05) is 5.32 Å². The molecule has 0 bridgehead atoms. The molecule has 1 aromatic carbocycles. The van der Waals surface area contributed by atoms with Crippen LogP contribution in [0.3, 0.4) is 0 Å². The van der Waals surface area contributed by atoms with Gasteiger partial charge in [0, 0.05) is 30.6 Å². The maximum atomic E-state index is 11.9. The van der Waals surface area contributed by atoms with Crippen LogP contribution in [0.5, 0.6) is 0 Å². The Hall–Kier alpha value is -2.75. The molecule has 1 amide bonds. The summed E-state index contributed by atoms with van der Waals surface area (Å²) < 4.78 is 0. The molecule has 0 fully saturated rings. The zero-order chi connectivity index (χ0) is 14.4. The first-order valence-corrected chi connectivity index (χ1v) is 6.15. The molecule has 0 aliphatic heterocycles. The van der Waals surface area contributed by atoms with Gasteiger partial charge in [-0.25, -0.2) is 0 Å². The molecular weight excluding hydrogens is 252 g/mol. The largest absolute Gasteiger partial charge is 0.326 e. The number of nitrogens with one attached hydrogen (secondary N) is 1. The van der Waals surface area contributed by atoms with E-state index in [-0.39, 0.29) is 11.7 Å². The van der Waals surface area contributed by atoms with Crippen molar-refractivity contribution in [3.8, 4) is 0 Å². The number of hydrogen-bond acceptors (Lipinski definition) is 3. The van der Waals surface area contributed by atoms with Crippen LogP contribution in [-0.2, 0) is 4.79 Å². The van der Waals surface area contributed by atoms with Crippen molar-refractivity contribution in [1.82, 2.24) is 4.98 Å². The van der Waals surface area contributed by atoms with Crippen LogP contribution in [0.25, 0.3) is 6.08 Å². The predicted octanol–water partition coefficient (Wildman–Crippen LogP) is 2.94. The fourth-order valence-corrected chi connectivity index (χ4v) is 1.67. The first-order valence-electron chi connectivity index (χ1n) is 6.15. The summed E-state index contributed by atoms with van der Waals surface area (Å²) in [6.07, 6.45) is 6.43. The van der Waals surface area contributed by atoms with Gasteiger partial charge in [0.05, 0.1) is 0 Å². The molecule has 0 radical (unpaired) electrons. The standard InChI is InChI=1S/C16H14N2O2/c1-12(19)18-15-5-2-13(3-6-15)4-7-16(20)14-8-10-17-11-9-14/h2-11H,1H3,(H,18,19)/b7-4+. The van der Waals surface area contributed by atoms with Gasteiger partial charge in [0.2, 0.25) is 5.91 Å². The summed E-state index contributed by atoms with van der Waals surface area (Å²) in [5, 5.41) is 2.69. The van der Waals surface area contributed by atoms with Gasteiger partial charge < -0.3 is 5.32 Å². The quantitative estimate of drug-likeness (QED) is 0.683. The number of nitrogens with zero attached hydrogens (tertiary/aromatic N) is 1. The third-order valence-electron chi connectivity index (χ3n) is 2.62. The van der Waals surface area contributed by atoms with Crippen LogP contribution in [0.2, 0.25) is 0 Å². The van der Waals surface area contributed by atoms with Gasteiger partial charge in [0.15, 0.2) is 5.78 Å². The number of pyridine rings is 1. The van der Waals surface area contributed by atoms with Gasteiger partial charge in [-0.3, -0.25) is 14.6 Å². The number of allylic oxidation sites excluding steroid dienone is 1. The normalized spacial score (nSPS) is 10.4. The highest BCUT2D eigenvalue weighted by atomic mass is 16.1.